The summed E-state index contributed by atoms with van der Waals surface area (Å²) in [6.07, 6.45) is 1.20. The van der Waals surface area contributed by atoms with Crippen LogP contribution in [0.2, 0.25) is 0 Å². The lowest BCUT2D eigenvalue weighted by atomic mass is 10.2. The monoisotopic (exact) mass is 301 g/mol. The number of non-ortho nitro benzene ring substituents is 1. The first-order valence-corrected chi connectivity index (χ1v) is 7.52. The molecule has 1 aromatic rings. The van der Waals surface area contributed by atoms with Crippen LogP contribution in [0.5, 0.6) is 0 Å². The Kier molecular flexibility index (Phi) is 5.88. The molecule has 0 fully saturated rings. The van der Waals surface area contributed by atoms with Gasteiger partial charge in [-0.3, -0.25) is 14.7 Å². The second-order valence-electron chi connectivity index (χ2n) is 3.68. The van der Waals surface area contributed by atoms with Crippen molar-refractivity contribution >= 4 is 19.4 Å². The predicted molar refractivity (Wildman–Crippen MR) is 74.6 cm³/mol. The third kappa shape index (κ3) is 4.16. The van der Waals surface area contributed by atoms with E-state index in [1.165, 1.54) is 30.3 Å². The molecular formula is C12H16NO6P. The van der Waals surface area contributed by atoms with E-state index in [0.29, 0.717) is 5.56 Å². The van der Waals surface area contributed by atoms with E-state index >= 15 is 0 Å². The van der Waals surface area contributed by atoms with Crippen LogP contribution >= 0.6 is 7.60 Å². The Labute approximate surface area is 116 Å². The Morgan fingerprint density at radius 1 is 1.30 bits per heavy atom. The standard InChI is InChI=1S/C12H16NO6P/c1-3-18-20(17,19-4-2)12(14)9-10-5-7-11(8-6-10)13(15)16/h5-9,14H,3-4H2,1-2H3/b12-9+. The van der Waals surface area contributed by atoms with Crippen LogP contribution in [-0.2, 0) is 13.6 Å². The molecule has 0 atom stereocenters. The van der Waals surface area contributed by atoms with Crippen molar-refractivity contribution in [3.8, 4) is 0 Å². The molecule has 0 heterocycles. The average molecular weight is 301 g/mol. The average Bonchev–Trinajstić information content (AvgIpc) is 2.39. The maximum absolute atomic E-state index is 12.2. The van der Waals surface area contributed by atoms with E-state index in [1.54, 1.807) is 13.8 Å². The fourth-order valence-electron chi connectivity index (χ4n) is 1.43. The van der Waals surface area contributed by atoms with Crippen LogP contribution in [0.25, 0.3) is 6.08 Å². The number of hydrogen-bond acceptors (Lipinski definition) is 6. The Hall–Kier alpha value is -1.69. The van der Waals surface area contributed by atoms with E-state index in [4.69, 9.17) is 9.05 Å². The number of aliphatic hydroxyl groups excluding tert-OH is 1. The molecule has 110 valence electrons. The van der Waals surface area contributed by atoms with Crippen molar-refractivity contribution in [2.45, 2.75) is 13.8 Å². The first-order chi connectivity index (χ1) is 9.42. The Balaban J connectivity index is 3.01. The molecule has 1 N–H and O–H groups in total. The van der Waals surface area contributed by atoms with E-state index < -0.39 is 18.0 Å². The maximum atomic E-state index is 12.2. The Morgan fingerprint density at radius 2 is 1.80 bits per heavy atom. The number of nitro benzene ring substituents is 1. The molecule has 0 aliphatic carbocycles. The van der Waals surface area contributed by atoms with Crippen LogP contribution in [0.4, 0.5) is 5.69 Å². The molecule has 1 aromatic carbocycles. The summed E-state index contributed by atoms with van der Waals surface area (Å²) in [5.74, 6) is 0. The summed E-state index contributed by atoms with van der Waals surface area (Å²) in [6.45, 7) is 3.50. The molecule has 0 spiro atoms. The number of aliphatic hydroxyl groups is 1. The number of nitrogens with zero attached hydrogens (tertiary/aromatic N) is 1. The van der Waals surface area contributed by atoms with Gasteiger partial charge in [0.15, 0.2) is 0 Å². The minimum Gasteiger partial charge on any atom is -0.501 e. The minimum atomic E-state index is -3.72. The molecule has 0 aliphatic rings. The summed E-state index contributed by atoms with van der Waals surface area (Å²) >= 11 is 0. The molecule has 7 nitrogen and oxygen atoms in total. The van der Waals surface area contributed by atoms with Gasteiger partial charge in [0.25, 0.3) is 5.69 Å². The normalized spacial score (nSPS) is 12.4. The van der Waals surface area contributed by atoms with Gasteiger partial charge in [0.1, 0.15) is 0 Å². The first kappa shape index (κ1) is 16.4. The summed E-state index contributed by atoms with van der Waals surface area (Å²) in [5, 5.41) is 20.4. The molecule has 0 radical (unpaired) electrons. The lowest BCUT2D eigenvalue weighted by Gasteiger charge is -2.15. The highest BCUT2D eigenvalue weighted by Crippen LogP contribution is 2.55. The van der Waals surface area contributed by atoms with Crippen molar-refractivity contribution in [1.82, 2.24) is 0 Å². The van der Waals surface area contributed by atoms with Crippen LogP contribution < -0.4 is 0 Å². The van der Waals surface area contributed by atoms with Gasteiger partial charge in [0.2, 0.25) is 5.50 Å². The number of rotatable bonds is 7. The zero-order chi connectivity index (χ0) is 15.2. The molecule has 0 unspecified atom stereocenters. The molecule has 1 rings (SSSR count). The van der Waals surface area contributed by atoms with E-state index in [-0.39, 0.29) is 18.9 Å². The lowest BCUT2D eigenvalue weighted by molar-refractivity contribution is -0.384. The number of nitro groups is 1. The van der Waals surface area contributed by atoms with E-state index in [9.17, 15) is 19.8 Å². The fourth-order valence-corrected chi connectivity index (χ4v) is 2.76. The van der Waals surface area contributed by atoms with E-state index in [1.807, 2.05) is 0 Å². The highest BCUT2D eigenvalue weighted by Gasteiger charge is 2.29. The molecule has 20 heavy (non-hydrogen) atoms. The zero-order valence-corrected chi connectivity index (χ0v) is 12.1. The van der Waals surface area contributed by atoms with Gasteiger partial charge in [-0.25, -0.2) is 0 Å². The maximum Gasteiger partial charge on any atom is 0.395 e. The van der Waals surface area contributed by atoms with Crippen LogP contribution in [0.1, 0.15) is 19.4 Å². The third-order valence-electron chi connectivity index (χ3n) is 2.28. The van der Waals surface area contributed by atoms with Gasteiger partial charge in [-0.1, -0.05) is 0 Å². The van der Waals surface area contributed by atoms with Gasteiger partial charge in [0, 0.05) is 12.1 Å². The van der Waals surface area contributed by atoms with Gasteiger partial charge in [0.05, 0.1) is 18.1 Å². The van der Waals surface area contributed by atoms with Crippen LogP contribution in [-0.4, -0.2) is 23.2 Å². The topological polar surface area (TPSA) is 98.9 Å². The molecule has 0 saturated carbocycles. The molecule has 0 aromatic heterocycles. The quantitative estimate of drug-likeness (QED) is 0.356. The van der Waals surface area contributed by atoms with E-state index in [0.717, 1.165) is 0 Å². The number of hydrogen-bond donors (Lipinski definition) is 1. The largest absolute Gasteiger partial charge is 0.501 e. The van der Waals surface area contributed by atoms with Gasteiger partial charge < -0.3 is 14.2 Å². The molecule has 0 amide bonds. The van der Waals surface area contributed by atoms with Gasteiger partial charge in [-0.15, -0.1) is 0 Å². The molecule has 0 aliphatic heterocycles. The second-order valence-corrected chi connectivity index (χ2v) is 5.65. The van der Waals surface area contributed by atoms with Crippen molar-refractivity contribution in [2.75, 3.05) is 13.2 Å². The lowest BCUT2D eigenvalue weighted by Crippen LogP contribution is -1.98. The van der Waals surface area contributed by atoms with E-state index in [2.05, 4.69) is 0 Å². The Morgan fingerprint density at radius 3 is 2.20 bits per heavy atom. The first-order valence-electron chi connectivity index (χ1n) is 5.97. The smallest absolute Gasteiger partial charge is 0.395 e. The zero-order valence-electron chi connectivity index (χ0n) is 11.2. The molecule has 0 bridgehead atoms. The summed E-state index contributed by atoms with van der Waals surface area (Å²) < 4.78 is 22.2. The molecular weight excluding hydrogens is 285 g/mol. The molecule has 0 saturated heterocycles. The fraction of sp³-hybridized carbons (Fsp3) is 0.333. The highest BCUT2D eigenvalue weighted by atomic mass is 31.2. The number of benzene rings is 1. The third-order valence-corrected chi connectivity index (χ3v) is 4.16. The van der Waals surface area contributed by atoms with Crippen molar-refractivity contribution in [3.63, 3.8) is 0 Å². The van der Waals surface area contributed by atoms with Gasteiger partial charge in [-0.05, 0) is 37.6 Å². The van der Waals surface area contributed by atoms with Crippen LogP contribution in [0, 0.1) is 10.1 Å². The van der Waals surface area contributed by atoms with Gasteiger partial charge in [-0.2, -0.15) is 0 Å². The van der Waals surface area contributed by atoms with Gasteiger partial charge >= 0.3 is 7.60 Å². The van der Waals surface area contributed by atoms with Crippen LogP contribution in [0.3, 0.4) is 0 Å². The van der Waals surface area contributed by atoms with Crippen molar-refractivity contribution in [3.05, 3.63) is 45.4 Å². The second kappa shape index (κ2) is 7.19. The summed E-state index contributed by atoms with van der Waals surface area (Å²) in [5.41, 5.74) is -0.151. The summed E-state index contributed by atoms with van der Waals surface area (Å²) in [4.78, 5) is 9.99. The highest BCUT2D eigenvalue weighted by molar-refractivity contribution is 7.58. The predicted octanol–water partition coefficient (Wildman–Crippen LogP) is 3.72. The SMILES string of the molecule is CCOP(=O)(OCC)/C(O)=C/c1ccc([N+](=O)[O-])cc1. The summed E-state index contributed by atoms with van der Waals surface area (Å²) in [7, 11) is -3.72. The molecule has 8 heteroatoms. The van der Waals surface area contributed by atoms with Crippen molar-refractivity contribution < 1.29 is 23.6 Å². The minimum absolute atomic E-state index is 0.0700. The van der Waals surface area contributed by atoms with Crippen molar-refractivity contribution in [2.24, 2.45) is 0 Å². The Bertz CT molecular complexity index is 529. The van der Waals surface area contributed by atoms with Crippen molar-refractivity contribution in [1.29, 1.82) is 0 Å². The van der Waals surface area contributed by atoms with Crippen LogP contribution in [0.15, 0.2) is 29.8 Å². The summed E-state index contributed by atoms with van der Waals surface area (Å²) in [6, 6.07) is 5.42.